The maximum absolute atomic E-state index is 13.3. The van der Waals surface area contributed by atoms with Gasteiger partial charge in [0.2, 0.25) is 0 Å². The van der Waals surface area contributed by atoms with Crippen LogP contribution in [0.4, 0.5) is 4.39 Å². The summed E-state index contributed by atoms with van der Waals surface area (Å²) in [7, 11) is 0. The van der Waals surface area contributed by atoms with Crippen molar-refractivity contribution in [2.45, 2.75) is 26.0 Å². The molecule has 0 unspecified atom stereocenters. The zero-order valence-corrected chi connectivity index (χ0v) is 12.0. The van der Waals surface area contributed by atoms with Gasteiger partial charge in [0.15, 0.2) is 0 Å². The largest absolute Gasteiger partial charge is 0.489 e. The molecule has 0 aromatic heterocycles. The van der Waals surface area contributed by atoms with Gasteiger partial charge in [0.25, 0.3) is 0 Å². The van der Waals surface area contributed by atoms with E-state index in [0.717, 1.165) is 12.0 Å². The number of hydrogen-bond donors (Lipinski definition) is 1. The highest BCUT2D eigenvalue weighted by Gasteiger charge is 2.07. The molecule has 0 aliphatic heterocycles. The van der Waals surface area contributed by atoms with Gasteiger partial charge in [-0.1, -0.05) is 42.8 Å². The van der Waals surface area contributed by atoms with Gasteiger partial charge < -0.3 is 10.5 Å². The summed E-state index contributed by atoms with van der Waals surface area (Å²) in [5.41, 5.74) is 7.64. The standard InChI is InChI=1S/C16H17ClFNO/c1-2-15(19)11-6-8-13(9-7-11)20-10-12-4-3-5-14(18)16(12)17/h3-9,15H,2,10,19H2,1H3/t15-/m0/s1. The van der Waals surface area contributed by atoms with E-state index in [0.29, 0.717) is 11.3 Å². The second-order valence-electron chi connectivity index (χ2n) is 4.59. The summed E-state index contributed by atoms with van der Waals surface area (Å²) < 4.78 is 18.9. The lowest BCUT2D eigenvalue weighted by Gasteiger charge is -2.11. The first-order valence-corrected chi connectivity index (χ1v) is 6.91. The van der Waals surface area contributed by atoms with E-state index in [-0.39, 0.29) is 17.7 Å². The van der Waals surface area contributed by atoms with Crippen molar-refractivity contribution in [3.8, 4) is 5.75 Å². The van der Waals surface area contributed by atoms with Gasteiger partial charge in [0.1, 0.15) is 18.2 Å². The van der Waals surface area contributed by atoms with E-state index in [1.165, 1.54) is 6.07 Å². The first-order chi connectivity index (χ1) is 9.61. The molecule has 0 fully saturated rings. The van der Waals surface area contributed by atoms with Crippen molar-refractivity contribution >= 4 is 11.6 Å². The molecule has 1 atom stereocenters. The predicted molar refractivity (Wildman–Crippen MR) is 79.4 cm³/mol. The Morgan fingerprint density at radius 2 is 1.90 bits per heavy atom. The highest BCUT2D eigenvalue weighted by Crippen LogP contribution is 2.23. The van der Waals surface area contributed by atoms with Gasteiger partial charge in [0.05, 0.1) is 5.02 Å². The van der Waals surface area contributed by atoms with E-state index in [4.69, 9.17) is 22.1 Å². The van der Waals surface area contributed by atoms with Gasteiger partial charge in [-0.25, -0.2) is 4.39 Å². The van der Waals surface area contributed by atoms with Gasteiger partial charge in [-0.15, -0.1) is 0 Å². The third kappa shape index (κ3) is 3.50. The molecule has 0 aliphatic rings. The molecule has 2 N–H and O–H groups in total. The fraction of sp³-hybridized carbons (Fsp3) is 0.250. The van der Waals surface area contributed by atoms with Crippen LogP contribution in [0.15, 0.2) is 42.5 Å². The van der Waals surface area contributed by atoms with E-state index >= 15 is 0 Å². The Balaban J connectivity index is 2.02. The monoisotopic (exact) mass is 293 g/mol. The Morgan fingerprint density at radius 1 is 1.20 bits per heavy atom. The van der Waals surface area contributed by atoms with Gasteiger partial charge in [-0.2, -0.15) is 0 Å². The fourth-order valence-corrected chi connectivity index (χ4v) is 2.05. The summed E-state index contributed by atoms with van der Waals surface area (Å²) in [6, 6.07) is 12.3. The van der Waals surface area contributed by atoms with Crippen molar-refractivity contribution in [3.05, 3.63) is 64.4 Å². The molecule has 106 valence electrons. The molecular weight excluding hydrogens is 277 g/mol. The van der Waals surface area contributed by atoms with E-state index in [1.54, 1.807) is 12.1 Å². The average Bonchev–Trinajstić information content (AvgIpc) is 2.48. The normalized spacial score (nSPS) is 12.2. The molecule has 20 heavy (non-hydrogen) atoms. The molecule has 0 amide bonds. The van der Waals surface area contributed by atoms with Gasteiger partial charge in [0, 0.05) is 11.6 Å². The van der Waals surface area contributed by atoms with Gasteiger partial charge in [-0.3, -0.25) is 0 Å². The summed E-state index contributed by atoms with van der Waals surface area (Å²) >= 11 is 5.87. The zero-order valence-electron chi connectivity index (χ0n) is 11.3. The van der Waals surface area contributed by atoms with E-state index in [9.17, 15) is 4.39 Å². The minimum absolute atomic E-state index is 0.0433. The Kier molecular flexibility index (Phi) is 4.99. The first-order valence-electron chi connectivity index (χ1n) is 6.53. The molecule has 0 saturated heterocycles. The summed E-state index contributed by atoms with van der Waals surface area (Å²) in [5, 5.41) is 0.108. The molecular formula is C16H17ClFNO. The molecule has 0 bridgehead atoms. The lowest BCUT2D eigenvalue weighted by Crippen LogP contribution is -2.08. The van der Waals surface area contributed by atoms with Crippen LogP contribution in [-0.2, 0) is 6.61 Å². The molecule has 0 aliphatic carbocycles. The van der Waals surface area contributed by atoms with Crippen LogP contribution in [0.3, 0.4) is 0 Å². The van der Waals surface area contributed by atoms with Crippen LogP contribution in [0.5, 0.6) is 5.75 Å². The molecule has 2 aromatic rings. The van der Waals surface area contributed by atoms with Crippen LogP contribution >= 0.6 is 11.6 Å². The highest BCUT2D eigenvalue weighted by atomic mass is 35.5. The number of ether oxygens (including phenoxy) is 1. The van der Waals surface area contributed by atoms with E-state index < -0.39 is 5.82 Å². The maximum Gasteiger partial charge on any atom is 0.142 e. The zero-order chi connectivity index (χ0) is 14.5. The van der Waals surface area contributed by atoms with E-state index in [1.807, 2.05) is 31.2 Å². The average molecular weight is 294 g/mol. The Bertz CT molecular complexity index is 571. The smallest absolute Gasteiger partial charge is 0.142 e. The molecule has 0 heterocycles. The highest BCUT2D eigenvalue weighted by molar-refractivity contribution is 6.31. The number of halogens is 2. The number of nitrogens with two attached hydrogens (primary N) is 1. The summed E-state index contributed by atoms with van der Waals surface area (Å²) in [4.78, 5) is 0. The third-order valence-corrected chi connectivity index (χ3v) is 3.60. The molecule has 0 saturated carbocycles. The molecule has 0 radical (unpaired) electrons. The summed E-state index contributed by atoms with van der Waals surface area (Å²) in [6.07, 6.45) is 0.888. The van der Waals surface area contributed by atoms with Crippen LogP contribution < -0.4 is 10.5 Å². The number of hydrogen-bond acceptors (Lipinski definition) is 2. The predicted octanol–water partition coefficient (Wildman–Crippen LogP) is 4.47. The summed E-state index contributed by atoms with van der Waals surface area (Å²) in [5.74, 6) is 0.273. The fourth-order valence-electron chi connectivity index (χ4n) is 1.87. The van der Waals surface area contributed by atoms with Crippen molar-refractivity contribution in [2.24, 2.45) is 5.73 Å². The number of benzene rings is 2. The van der Waals surface area contributed by atoms with Crippen LogP contribution in [0.2, 0.25) is 5.02 Å². The van der Waals surface area contributed by atoms with E-state index in [2.05, 4.69) is 0 Å². The Labute approximate surface area is 123 Å². The second kappa shape index (κ2) is 6.73. The van der Waals surface area contributed by atoms with Gasteiger partial charge in [-0.05, 0) is 30.2 Å². The van der Waals surface area contributed by atoms with Crippen LogP contribution in [-0.4, -0.2) is 0 Å². The lowest BCUT2D eigenvalue weighted by atomic mass is 10.1. The lowest BCUT2D eigenvalue weighted by molar-refractivity contribution is 0.305. The second-order valence-corrected chi connectivity index (χ2v) is 4.96. The first kappa shape index (κ1) is 14.8. The molecule has 2 nitrogen and oxygen atoms in total. The Hall–Kier alpha value is -1.58. The number of rotatable bonds is 5. The molecule has 4 heteroatoms. The van der Waals surface area contributed by atoms with Crippen molar-refractivity contribution in [2.75, 3.05) is 0 Å². The van der Waals surface area contributed by atoms with Crippen molar-refractivity contribution < 1.29 is 9.13 Å². The van der Waals surface area contributed by atoms with Crippen LogP contribution in [0.25, 0.3) is 0 Å². The SMILES string of the molecule is CC[C@H](N)c1ccc(OCc2cccc(F)c2Cl)cc1. The maximum atomic E-state index is 13.3. The topological polar surface area (TPSA) is 35.2 Å². The van der Waals surface area contributed by atoms with Crippen molar-refractivity contribution in [3.63, 3.8) is 0 Å². The quantitative estimate of drug-likeness (QED) is 0.883. The Morgan fingerprint density at radius 3 is 2.55 bits per heavy atom. The summed E-state index contributed by atoms with van der Waals surface area (Å²) in [6.45, 7) is 2.27. The third-order valence-electron chi connectivity index (χ3n) is 3.17. The van der Waals surface area contributed by atoms with Crippen molar-refractivity contribution in [1.82, 2.24) is 0 Å². The molecule has 2 rings (SSSR count). The van der Waals surface area contributed by atoms with Crippen molar-refractivity contribution in [1.29, 1.82) is 0 Å². The minimum Gasteiger partial charge on any atom is -0.489 e. The molecule has 2 aromatic carbocycles. The van der Waals surface area contributed by atoms with Crippen LogP contribution in [0, 0.1) is 5.82 Å². The van der Waals surface area contributed by atoms with Crippen LogP contribution in [0.1, 0.15) is 30.5 Å². The van der Waals surface area contributed by atoms with Gasteiger partial charge >= 0.3 is 0 Å². The minimum atomic E-state index is -0.433. The molecule has 0 spiro atoms.